The van der Waals surface area contributed by atoms with E-state index >= 15 is 0 Å². The summed E-state index contributed by atoms with van der Waals surface area (Å²) in [4.78, 5) is 12.5. The molecule has 21 heavy (non-hydrogen) atoms. The van der Waals surface area contributed by atoms with Gasteiger partial charge in [0.05, 0.1) is 16.1 Å². The molecule has 1 saturated carbocycles. The van der Waals surface area contributed by atoms with Crippen LogP contribution in [0.3, 0.4) is 0 Å². The van der Waals surface area contributed by atoms with Gasteiger partial charge in [0.25, 0.3) is 5.91 Å². The first-order valence-electron chi connectivity index (χ1n) is 7.68. The van der Waals surface area contributed by atoms with Crippen molar-refractivity contribution in [3.63, 3.8) is 0 Å². The minimum atomic E-state index is -0.0146. The van der Waals surface area contributed by atoms with Gasteiger partial charge in [0.2, 0.25) is 0 Å². The Morgan fingerprint density at radius 2 is 2.10 bits per heavy atom. The number of benzene rings is 1. The van der Waals surface area contributed by atoms with Gasteiger partial charge in [-0.1, -0.05) is 36.9 Å². The van der Waals surface area contributed by atoms with Crippen LogP contribution in [0.5, 0.6) is 0 Å². The maximum atomic E-state index is 12.5. The summed E-state index contributed by atoms with van der Waals surface area (Å²) in [6.07, 6.45) is 8.25. The monoisotopic (exact) mass is 304 g/mol. The lowest BCUT2D eigenvalue weighted by Gasteiger charge is -2.21. The number of fused-ring (bicyclic) bond motifs is 1. The minimum absolute atomic E-state index is 0.0146. The highest BCUT2D eigenvalue weighted by molar-refractivity contribution is 6.36. The summed E-state index contributed by atoms with van der Waals surface area (Å²) < 4.78 is 1.96. The van der Waals surface area contributed by atoms with Crippen LogP contribution in [0.15, 0.2) is 24.4 Å². The maximum Gasteiger partial charge on any atom is 0.253 e. The van der Waals surface area contributed by atoms with Crippen molar-refractivity contribution in [1.29, 1.82) is 0 Å². The zero-order valence-corrected chi connectivity index (χ0v) is 13.1. The number of amides is 1. The summed E-state index contributed by atoms with van der Waals surface area (Å²) in [6, 6.07) is 5.73. The van der Waals surface area contributed by atoms with Crippen molar-refractivity contribution in [1.82, 2.24) is 9.88 Å². The van der Waals surface area contributed by atoms with Crippen LogP contribution in [0, 0.1) is 5.92 Å². The number of aromatic nitrogens is 1. The van der Waals surface area contributed by atoms with Crippen LogP contribution >= 0.6 is 11.6 Å². The van der Waals surface area contributed by atoms with Gasteiger partial charge in [-0.25, -0.2) is 0 Å². The minimum Gasteiger partial charge on any atom is -0.352 e. The second kappa shape index (κ2) is 6.10. The molecule has 0 aliphatic heterocycles. The molecule has 0 bridgehead atoms. The average molecular weight is 305 g/mol. The van der Waals surface area contributed by atoms with E-state index < -0.39 is 0 Å². The van der Waals surface area contributed by atoms with Gasteiger partial charge < -0.3 is 9.88 Å². The number of halogens is 1. The Kier molecular flexibility index (Phi) is 4.20. The Labute approximate surface area is 130 Å². The number of nitrogens with zero attached hydrogens (tertiary/aromatic N) is 1. The lowest BCUT2D eigenvalue weighted by molar-refractivity contribution is 0.0945. The van der Waals surface area contributed by atoms with Gasteiger partial charge in [-0.15, -0.1) is 0 Å². The van der Waals surface area contributed by atoms with Crippen molar-refractivity contribution in [2.24, 2.45) is 13.0 Å². The Bertz CT molecular complexity index is 656. The molecule has 112 valence electrons. The van der Waals surface area contributed by atoms with E-state index in [1.165, 1.54) is 32.1 Å². The Morgan fingerprint density at radius 1 is 1.33 bits per heavy atom. The second-order valence-electron chi connectivity index (χ2n) is 6.00. The molecule has 1 amide bonds. The number of hydrogen-bond acceptors (Lipinski definition) is 1. The summed E-state index contributed by atoms with van der Waals surface area (Å²) in [6.45, 7) is 0.777. The van der Waals surface area contributed by atoms with Crippen molar-refractivity contribution in [3.8, 4) is 0 Å². The first kappa shape index (κ1) is 14.5. The van der Waals surface area contributed by atoms with Crippen molar-refractivity contribution in [2.75, 3.05) is 6.54 Å². The molecule has 0 unspecified atom stereocenters. The maximum absolute atomic E-state index is 12.5. The van der Waals surface area contributed by atoms with Crippen LogP contribution in [-0.2, 0) is 7.05 Å². The molecule has 1 N–H and O–H groups in total. The molecule has 4 heteroatoms. The highest BCUT2D eigenvalue weighted by Gasteiger charge is 2.18. The third-order valence-corrected chi connectivity index (χ3v) is 4.80. The number of aryl methyl sites for hydroxylation is 1. The third-order valence-electron chi connectivity index (χ3n) is 4.48. The van der Waals surface area contributed by atoms with Crippen LogP contribution in [-0.4, -0.2) is 17.0 Å². The molecule has 3 nitrogen and oxygen atoms in total. The number of hydrogen-bond donors (Lipinski definition) is 1. The molecule has 1 aromatic carbocycles. The van der Waals surface area contributed by atoms with Gasteiger partial charge in [0, 0.05) is 25.2 Å². The van der Waals surface area contributed by atoms with Crippen molar-refractivity contribution in [3.05, 3.63) is 35.0 Å². The summed E-state index contributed by atoms with van der Waals surface area (Å²) in [5.41, 5.74) is 1.67. The molecule has 1 heterocycles. The molecule has 1 aliphatic carbocycles. The second-order valence-corrected chi connectivity index (χ2v) is 6.41. The first-order valence-corrected chi connectivity index (χ1v) is 8.06. The van der Waals surface area contributed by atoms with E-state index in [0.717, 1.165) is 17.4 Å². The predicted molar refractivity (Wildman–Crippen MR) is 86.8 cm³/mol. The average Bonchev–Trinajstić information content (AvgIpc) is 2.85. The molecule has 3 rings (SSSR count). The van der Waals surface area contributed by atoms with Gasteiger partial charge in [-0.05, 0) is 30.9 Å². The topological polar surface area (TPSA) is 34.0 Å². The Hall–Kier alpha value is -1.48. The van der Waals surface area contributed by atoms with E-state index in [1.54, 1.807) is 0 Å². The van der Waals surface area contributed by atoms with Crippen molar-refractivity contribution in [2.45, 2.75) is 32.1 Å². The van der Waals surface area contributed by atoms with E-state index in [9.17, 15) is 4.79 Å². The lowest BCUT2D eigenvalue weighted by Crippen LogP contribution is -2.30. The van der Waals surface area contributed by atoms with E-state index in [0.29, 0.717) is 16.5 Å². The normalized spacial score (nSPS) is 16.3. The van der Waals surface area contributed by atoms with Crippen molar-refractivity contribution < 1.29 is 4.79 Å². The molecular weight excluding hydrogens is 284 g/mol. The van der Waals surface area contributed by atoms with Crippen LogP contribution in [0.1, 0.15) is 42.5 Å². The molecule has 0 saturated heterocycles. The van der Waals surface area contributed by atoms with Crippen LogP contribution in [0.25, 0.3) is 10.9 Å². The summed E-state index contributed by atoms with van der Waals surface area (Å²) in [5, 5.41) is 4.58. The number of nitrogens with one attached hydrogen (secondary N) is 1. The largest absolute Gasteiger partial charge is 0.352 e. The molecule has 0 radical (unpaired) electrons. The molecule has 1 aliphatic rings. The van der Waals surface area contributed by atoms with E-state index in [1.807, 2.05) is 36.0 Å². The highest BCUT2D eigenvalue weighted by atomic mass is 35.5. The van der Waals surface area contributed by atoms with Crippen LogP contribution in [0.4, 0.5) is 0 Å². The zero-order chi connectivity index (χ0) is 14.8. The molecule has 0 spiro atoms. The van der Waals surface area contributed by atoms with E-state index in [2.05, 4.69) is 5.32 Å². The molecule has 1 fully saturated rings. The quantitative estimate of drug-likeness (QED) is 0.908. The molecule has 0 atom stereocenters. The van der Waals surface area contributed by atoms with Gasteiger partial charge in [-0.2, -0.15) is 0 Å². The fourth-order valence-electron chi connectivity index (χ4n) is 3.30. The first-order chi connectivity index (χ1) is 10.2. The van der Waals surface area contributed by atoms with Gasteiger partial charge in [0.1, 0.15) is 0 Å². The fourth-order valence-corrected chi connectivity index (χ4v) is 3.57. The SMILES string of the molecule is Cn1cc(C(=O)NCC2CCCCC2)c2c(Cl)cccc21. The smallest absolute Gasteiger partial charge is 0.253 e. The van der Waals surface area contributed by atoms with Gasteiger partial charge in [-0.3, -0.25) is 4.79 Å². The zero-order valence-electron chi connectivity index (χ0n) is 12.4. The van der Waals surface area contributed by atoms with Crippen LogP contribution in [0.2, 0.25) is 5.02 Å². The number of carbonyl (C=O) groups is 1. The Balaban J connectivity index is 1.78. The standard InChI is InChI=1S/C17H21ClN2O/c1-20-11-13(16-14(18)8-5-9-15(16)20)17(21)19-10-12-6-3-2-4-7-12/h5,8-9,11-12H,2-4,6-7,10H2,1H3,(H,19,21). The van der Waals surface area contributed by atoms with Crippen LogP contribution < -0.4 is 5.32 Å². The van der Waals surface area contributed by atoms with Gasteiger partial charge in [0.15, 0.2) is 0 Å². The molecule has 1 aromatic heterocycles. The van der Waals surface area contributed by atoms with E-state index in [-0.39, 0.29) is 5.91 Å². The third kappa shape index (κ3) is 2.93. The number of carbonyl (C=O) groups excluding carboxylic acids is 1. The molecule has 2 aromatic rings. The summed E-state index contributed by atoms with van der Waals surface area (Å²) in [5.74, 6) is 0.618. The summed E-state index contributed by atoms with van der Waals surface area (Å²) >= 11 is 6.28. The summed E-state index contributed by atoms with van der Waals surface area (Å²) in [7, 11) is 1.94. The highest BCUT2D eigenvalue weighted by Crippen LogP contribution is 2.28. The Morgan fingerprint density at radius 3 is 2.86 bits per heavy atom. The van der Waals surface area contributed by atoms with Gasteiger partial charge >= 0.3 is 0 Å². The predicted octanol–water partition coefficient (Wildman–Crippen LogP) is 4.14. The fraction of sp³-hybridized carbons (Fsp3) is 0.471. The van der Waals surface area contributed by atoms with Crippen molar-refractivity contribution >= 4 is 28.4 Å². The number of rotatable bonds is 3. The molecular formula is C17H21ClN2O. The van der Waals surface area contributed by atoms with E-state index in [4.69, 9.17) is 11.6 Å². The lowest BCUT2D eigenvalue weighted by atomic mass is 9.89.